The first-order valence-electron chi connectivity index (χ1n) is 2.82. The number of hydrogen-bond donors (Lipinski definition) is 0. The van der Waals surface area contributed by atoms with Gasteiger partial charge >= 0.3 is 0 Å². The summed E-state index contributed by atoms with van der Waals surface area (Å²) < 4.78 is 5.86. The number of fused-ring (bicyclic) bond motifs is 1. The van der Waals surface area contributed by atoms with Crippen molar-refractivity contribution in [3.8, 4) is 0 Å². The molecule has 2 aromatic rings. The molecule has 0 unspecified atom stereocenters. The molecule has 0 N–H and O–H groups in total. The molecule has 0 radical (unpaired) electrons. The van der Waals surface area contributed by atoms with Crippen LogP contribution in [0.3, 0.4) is 0 Å². The Kier molecular flexibility index (Phi) is 1.58. The first-order chi connectivity index (χ1) is 5.29. The molecule has 5 heteroatoms. The van der Waals surface area contributed by atoms with Crippen molar-refractivity contribution in [2.75, 3.05) is 0 Å². The summed E-state index contributed by atoms with van der Waals surface area (Å²) in [4.78, 5) is 7.73. The van der Waals surface area contributed by atoms with Crippen LogP contribution in [-0.4, -0.2) is 9.97 Å². The van der Waals surface area contributed by atoms with Crippen LogP contribution in [0.5, 0.6) is 0 Å². The minimum Gasteiger partial charge on any atom is -0.458 e. The molecule has 0 atom stereocenters. The van der Waals surface area contributed by atoms with Gasteiger partial charge in [-0.25, -0.2) is 9.97 Å². The van der Waals surface area contributed by atoms with E-state index < -0.39 is 0 Å². The normalized spacial score (nSPS) is 10.7. The molecule has 0 aliphatic rings. The molecule has 0 amide bonds. The predicted octanol–water partition coefficient (Wildman–Crippen LogP) is 2.64. The Bertz CT molecular complexity index is 400. The van der Waals surface area contributed by atoms with E-state index >= 15 is 0 Å². The van der Waals surface area contributed by atoms with E-state index in [1.54, 1.807) is 0 Å². The van der Waals surface area contributed by atoms with Crippen molar-refractivity contribution in [1.29, 1.82) is 0 Å². The van der Waals surface area contributed by atoms with Crippen molar-refractivity contribution in [3.63, 3.8) is 0 Å². The van der Waals surface area contributed by atoms with Crippen molar-refractivity contribution in [2.45, 2.75) is 0 Å². The molecular formula is C6H2BrClN2O. The van der Waals surface area contributed by atoms with Crippen molar-refractivity contribution in [2.24, 2.45) is 0 Å². The van der Waals surface area contributed by atoms with Crippen LogP contribution in [0.2, 0.25) is 5.15 Å². The molecule has 0 aliphatic carbocycles. The lowest BCUT2D eigenvalue weighted by atomic mass is 10.5. The quantitative estimate of drug-likeness (QED) is 0.657. The molecule has 0 aliphatic heterocycles. The van der Waals surface area contributed by atoms with E-state index in [4.69, 9.17) is 16.0 Å². The molecule has 0 spiro atoms. The molecule has 0 aromatic carbocycles. The third kappa shape index (κ3) is 1.02. The summed E-state index contributed by atoms with van der Waals surface area (Å²) >= 11 is 8.96. The van der Waals surface area contributed by atoms with Gasteiger partial charge in [-0.2, -0.15) is 0 Å². The SMILES string of the molecule is Clc1ncnc2c(Br)coc12. The molecule has 2 aromatic heterocycles. The van der Waals surface area contributed by atoms with Gasteiger partial charge in [0.15, 0.2) is 10.7 Å². The number of hydrogen-bond acceptors (Lipinski definition) is 3. The van der Waals surface area contributed by atoms with Gasteiger partial charge in [-0.3, -0.25) is 0 Å². The van der Waals surface area contributed by atoms with Crippen LogP contribution in [-0.2, 0) is 0 Å². The van der Waals surface area contributed by atoms with E-state index in [1.807, 2.05) is 0 Å². The minimum absolute atomic E-state index is 0.334. The van der Waals surface area contributed by atoms with Gasteiger partial charge in [0.1, 0.15) is 18.1 Å². The first-order valence-corrected chi connectivity index (χ1v) is 3.99. The van der Waals surface area contributed by atoms with Gasteiger partial charge in [-0.05, 0) is 15.9 Å². The Morgan fingerprint density at radius 2 is 2.27 bits per heavy atom. The number of nitrogens with zero attached hydrogens (tertiary/aromatic N) is 2. The zero-order chi connectivity index (χ0) is 7.84. The Balaban J connectivity index is 2.94. The number of rotatable bonds is 0. The monoisotopic (exact) mass is 232 g/mol. The van der Waals surface area contributed by atoms with Crippen molar-refractivity contribution < 1.29 is 4.42 Å². The van der Waals surface area contributed by atoms with Gasteiger partial charge in [-0.1, -0.05) is 11.6 Å². The highest BCUT2D eigenvalue weighted by Gasteiger charge is 2.07. The fourth-order valence-electron chi connectivity index (χ4n) is 0.793. The van der Waals surface area contributed by atoms with Crippen LogP contribution in [0.1, 0.15) is 0 Å². The second-order valence-electron chi connectivity index (χ2n) is 1.93. The first kappa shape index (κ1) is 7.06. The van der Waals surface area contributed by atoms with Gasteiger partial charge in [0.25, 0.3) is 0 Å². The molecule has 0 saturated heterocycles. The van der Waals surface area contributed by atoms with E-state index in [2.05, 4.69) is 25.9 Å². The second-order valence-corrected chi connectivity index (χ2v) is 3.14. The molecule has 0 bridgehead atoms. The Morgan fingerprint density at radius 1 is 1.45 bits per heavy atom. The average Bonchev–Trinajstić information content (AvgIpc) is 2.35. The van der Waals surface area contributed by atoms with Crippen LogP contribution >= 0.6 is 27.5 Å². The standard InChI is InChI=1S/C6H2BrClN2O/c7-3-1-11-5-4(3)9-2-10-6(5)8/h1-2H. The fraction of sp³-hybridized carbons (Fsp3) is 0. The lowest BCUT2D eigenvalue weighted by Crippen LogP contribution is -1.78. The lowest BCUT2D eigenvalue weighted by molar-refractivity contribution is 0.612. The molecule has 3 nitrogen and oxygen atoms in total. The second kappa shape index (κ2) is 2.46. The van der Waals surface area contributed by atoms with E-state index in [0.29, 0.717) is 16.3 Å². The van der Waals surface area contributed by atoms with Gasteiger partial charge in [-0.15, -0.1) is 0 Å². The summed E-state index contributed by atoms with van der Waals surface area (Å²) in [5, 5.41) is 0.334. The minimum atomic E-state index is 0.334. The topological polar surface area (TPSA) is 38.9 Å². The molecule has 0 fully saturated rings. The fourth-order valence-corrected chi connectivity index (χ4v) is 1.35. The third-order valence-corrected chi connectivity index (χ3v) is 2.10. The van der Waals surface area contributed by atoms with Crippen LogP contribution in [0, 0.1) is 0 Å². The van der Waals surface area contributed by atoms with E-state index in [-0.39, 0.29) is 0 Å². The maximum atomic E-state index is 5.70. The molecule has 0 saturated carbocycles. The predicted molar refractivity (Wildman–Crippen MR) is 44.5 cm³/mol. The summed E-state index contributed by atoms with van der Waals surface area (Å²) in [6, 6.07) is 0. The molecule has 2 rings (SSSR count). The zero-order valence-electron chi connectivity index (χ0n) is 5.21. The summed E-state index contributed by atoms with van der Waals surface area (Å²) in [5.41, 5.74) is 1.21. The smallest absolute Gasteiger partial charge is 0.190 e. The average molecular weight is 233 g/mol. The van der Waals surface area contributed by atoms with E-state index in [0.717, 1.165) is 4.47 Å². The highest BCUT2D eigenvalue weighted by molar-refractivity contribution is 9.10. The third-order valence-electron chi connectivity index (χ3n) is 1.27. The summed E-state index contributed by atoms with van der Waals surface area (Å²) in [5.74, 6) is 0. The zero-order valence-corrected chi connectivity index (χ0v) is 7.56. The van der Waals surface area contributed by atoms with Gasteiger partial charge in [0.05, 0.1) is 4.47 Å². The van der Waals surface area contributed by atoms with Gasteiger partial charge in [0.2, 0.25) is 0 Å². The Morgan fingerprint density at radius 3 is 3.00 bits per heavy atom. The number of aromatic nitrogens is 2. The summed E-state index contributed by atoms with van der Waals surface area (Å²) in [6.07, 6.45) is 2.93. The maximum Gasteiger partial charge on any atom is 0.190 e. The molecular weight excluding hydrogens is 231 g/mol. The number of halogens is 2. The Hall–Kier alpha value is -0.610. The van der Waals surface area contributed by atoms with Crippen LogP contribution < -0.4 is 0 Å². The van der Waals surface area contributed by atoms with Crippen LogP contribution in [0.15, 0.2) is 21.5 Å². The highest BCUT2D eigenvalue weighted by atomic mass is 79.9. The number of furan rings is 1. The van der Waals surface area contributed by atoms with Gasteiger partial charge in [0, 0.05) is 0 Å². The maximum absolute atomic E-state index is 5.70. The van der Waals surface area contributed by atoms with Crippen molar-refractivity contribution in [1.82, 2.24) is 9.97 Å². The molecule has 11 heavy (non-hydrogen) atoms. The summed E-state index contributed by atoms with van der Waals surface area (Å²) in [6.45, 7) is 0. The van der Waals surface area contributed by atoms with E-state index in [1.165, 1.54) is 12.6 Å². The van der Waals surface area contributed by atoms with E-state index in [9.17, 15) is 0 Å². The van der Waals surface area contributed by atoms with Crippen LogP contribution in [0.4, 0.5) is 0 Å². The molecule has 2 heterocycles. The summed E-state index contributed by atoms with van der Waals surface area (Å²) in [7, 11) is 0. The van der Waals surface area contributed by atoms with Gasteiger partial charge < -0.3 is 4.42 Å². The van der Waals surface area contributed by atoms with Crippen molar-refractivity contribution >= 4 is 38.6 Å². The molecule has 56 valence electrons. The highest BCUT2D eigenvalue weighted by Crippen LogP contribution is 2.27. The largest absolute Gasteiger partial charge is 0.458 e. The van der Waals surface area contributed by atoms with Crippen LogP contribution in [0.25, 0.3) is 11.1 Å². The lowest BCUT2D eigenvalue weighted by Gasteiger charge is -1.87. The van der Waals surface area contributed by atoms with Crippen molar-refractivity contribution in [3.05, 3.63) is 22.2 Å². The Labute approximate surface area is 75.5 Å².